The van der Waals surface area contributed by atoms with E-state index in [4.69, 9.17) is 9.84 Å². The van der Waals surface area contributed by atoms with Gasteiger partial charge in [0.1, 0.15) is 11.8 Å². The number of hydrogen-bond acceptors (Lipinski definition) is 7. The summed E-state index contributed by atoms with van der Waals surface area (Å²) in [5.41, 5.74) is 1.96. The molecule has 1 atom stereocenters. The number of rotatable bonds is 10. The van der Waals surface area contributed by atoms with Gasteiger partial charge in [0.25, 0.3) is 5.91 Å². The lowest BCUT2D eigenvalue weighted by Gasteiger charge is -2.22. The summed E-state index contributed by atoms with van der Waals surface area (Å²) < 4.78 is 10.1. The molecule has 2 aromatic carbocycles. The van der Waals surface area contributed by atoms with Gasteiger partial charge < -0.3 is 29.9 Å². The number of phenolic OH excluding ortho intramolecular Hbond substituents is 1. The number of ether oxygens (including phenoxy) is 2. The number of likely N-dealkylation sites (tertiary alicyclic amines) is 1. The van der Waals surface area contributed by atoms with Crippen LogP contribution in [0.25, 0.3) is 0 Å². The van der Waals surface area contributed by atoms with Crippen molar-refractivity contribution in [2.75, 3.05) is 33.4 Å². The van der Waals surface area contributed by atoms with Crippen LogP contribution < -0.4 is 5.32 Å². The largest absolute Gasteiger partial charge is 0.508 e. The molecule has 1 unspecified atom stereocenters. The van der Waals surface area contributed by atoms with Crippen molar-refractivity contribution in [2.24, 2.45) is 5.41 Å². The number of hydrogen-bond donors (Lipinski definition) is 3. The van der Waals surface area contributed by atoms with Crippen molar-refractivity contribution < 1.29 is 34.1 Å². The second kappa shape index (κ2) is 18.8. The Morgan fingerprint density at radius 1 is 1.02 bits per heavy atom. The number of aliphatic hydroxyl groups excluding tert-OH is 1. The van der Waals surface area contributed by atoms with Crippen molar-refractivity contribution in [2.45, 2.75) is 66.0 Å². The fourth-order valence-corrected chi connectivity index (χ4v) is 3.53. The molecule has 0 aliphatic carbocycles. The first-order valence-corrected chi connectivity index (χ1v) is 13.6. The maximum Gasteiger partial charge on any atom is 0.328 e. The third-order valence-electron chi connectivity index (χ3n) is 5.36. The molecule has 1 aliphatic rings. The number of unbranched alkanes of at least 4 members (excludes halogenated alkanes) is 1. The molecule has 1 fully saturated rings. The zero-order valence-corrected chi connectivity index (χ0v) is 24.5. The molecule has 40 heavy (non-hydrogen) atoms. The summed E-state index contributed by atoms with van der Waals surface area (Å²) in [6, 6.07) is 15.4. The number of amides is 2. The molecular formula is C31H46N2O7. The smallest absolute Gasteiger partial charge is 0.328 e. The molecule has 0 radical (unpaired) electrons. The van der Waals surface area contributed by atoms with Crippen LogP contribution in [0.5, 0.6) is 5.75 Å². The van der Waals surface area contributed by atoms with Gasteiger partial charge >= 0.3 is 5.97 Å². The highest BCUT2D eigenvalue weighted by molar-refractivity contribution is 5.97. The highest BCUT2D eigenvalue weighted by atomic mass is 16.5. The Bertz CT molecular complexity index is 1020. The second-order valence-corrected chi connectivity index (χ2v) is 11.0. The Morgan fingerprint density at radius 2 is 1.70 bits per heavy atom. The average Bonchev–Trinajstić information content (AvgIpc) is 3.41. The van der Waals surface area contributed by atoms with Crippen LogP contribution in [0.2, 0.25) is 0 Å². The summed E-state index contributed by atoms with van der Waals surface area (Å²) in [7, 11) is 1.28. The minimum Gasteiger partial charge on any atom is -0.508 e. The molecule has 0 aromatic heterocycles. The Labute approximate surface area is 238 Å². The highest BCUT2D eigenvalue weighted by Gasteiger charge is 2.34. The SMILES string of the molecule is CC(C)(C)C.COC(=O)C1CCCN1C(=O)CNC(=O)c1cccc(O)c1.OCCCCOCc1ccccc1. The van der Waals surface area contributed by atoms with Crippen LogP contribution in [0.3, 0.4) is 0 Å². The van der Waals surface area contributed by atoms with Crippen LogP contribution in [0.4, 0.5) is 0 Å². The first kappa shape index (κ1) is 34.6. The van der Waals surface area contributed by atoms with Gasteiger partial charge in [-0.25, -0.2) is 4.79 Å². The van der Waals surface area contributed by atoms with Gasteiger partial charge in [0.2, 0.25) is 5.91 Å². The van der Waals surface area contributed by atoms with Crippen molar-refractivity contribution in [3.8, 4) is 5.75 Å². The van der Waals surface area contributed by atoms with Gasteiger partial charge in [-0.2, -0.15) is 0 Å². The summed E-state index contributed by atoms with van der Waals surface area (Å²) in [6.07, 6.45) is 3.06. The number of methoxy groups -OCH3 is 1. The molecule has 0 spiro atoms. The van der Waals surface area contributed by atoms with Crippen molar-refractivity contribution in [3.63, 3.8) is 0 Å². The maximum absolute atomic E-state index is 12.1. The lowest BCUT2D eigenvalue weighted by atomic mass is 10.0. The molecule has 1 saturated heterocycles. The monoisotopic (exact) mass is 558 g/mol. The number of nitrogens with one attached hydrogen (secondary N) is 1. The molecular weight excluding hydrogens is 512 g/mol. The lowest BCUT2D eigenvalue weighted by Crippen LogP contribution is -2.45. The third kappa shape index (κ3) is 15.2. The predicted octanol–water partition coefficient (Wildman–Crippen LogP) is 4.31. The van der Waals surface area contributed by atoms with Crippen LogP contribution in [0.1, 0.15) is 69.3 Å². The van der Waals surface area contributed by atoms with E-state index in [-0.39, 0.29) is 30.4 Å². The molecule has 0 bridgehead atoms. The summed E-state index contributed by atoms with van der Waals surface area (Å²) in [4.78, 5) is 37.1. The minimum absolute atomic E-state index is 0.0238. The van der Waals surface area contributed by atoms with E-state index in [0.29, 0.717) is 25.0 Å². The Balaban J connectivity index is 0.000000375. The molecule has 2 amide bonds. The van der Waals surface area contributed by atoms with Gasteiger partial charge in [0, 0.05) is 25.3 Å². The summed E-state index contributed by atoms with van der Waals surface area (Å²) in [6.45, 7) is 10.7. The predicted molar refractivity (Wildman–Crippen MR) is 155 cm³/mol. The van der Waals surface area contributed by atoms with E-state index in [9.17, 15) is 19.5 Å². The van der Waals surface area contributed by atoms with E-state index in [2.05, 4.69) is 37.7 Å². The van der Waals surface area contributed by atoms with Crippen molar-refractivity contribution in [3.05, 3.63) is 65.7 Å². The minimum atomic E-state index is -0.574. The van der Waals surface area contributed by atoms with Crippen LogP contribution in [0, 0.1) is 5.41 Å². The zero-order chi connectivity index (χ0) is 30.0. The molecule has 1 aliphatic heterocycles. The molecule has 3 rings (SSSR count). The molecule has 9 nitrogen and oxygen atoms in total. The Hall–Kier alpha value is -3.43. The van der Waals surface area contributed by atoms with Gasteiger partial charge in [-0.05, 0) is 54.9 Å². The van der Waals surface area contributed by atoms with Crippen LogP contribution in [0.15, 0.2) is 54.6 Å². The number of aromatic hydroxyl groups is 1. The molecule has 222 valence electrons. The fraction of sp³-hybridized carbons (Fsp3) is 0.516. The third-order valence-corrected chi connectivity index (χ3v) is 5.36. The van der Waals surface area contributed by atoms with Crippen LogP contribution in [-0.2, 0) is 25.7 Å². The van der Waals surface area contributed by atoms with Gasteiger partial charge in [0.15, 0.2) is 0 Å². The topological polar surface area (TPSA) is 125 Å². The summed E-state index contributed by atoms with van der Waals surface area (Å²) >= 11 is 0. The quantitative estimate of drug-likeness (QED) is 0.293. The van der Waals surface area contributed by atoms with Gasteiger partial charge in [0.05, 0.1) is 20.3 Å². The fourth-order valence-electron chi connectivity index (χ4n) is 3.53. The molecule has 9 heteroatoms. The number of carbonyl (C=O) groups excluding carboxylic acids is 3. The van der Waals surface area contributed by atoms with Crippen molar-refractivity contribution in [1.29, 1.82) is 0 Å². The molecule has 1 heterocycles. The number of carbonyl (C=O) groups is 3. The lowest BCUT2D eigenvalue weighted by molar-refractivity contribution is -0.150. The van der Waals surface area contributed by atoms with Gasteiger partial charge in [-0.15, -0.1) is 0 Å². The number of phenols is 1. The van der Waals surface area contributed by atoms with Gasteiger partial charge in [-0.3, -0.25) is 9.59 Å². The Kier molecular flexibility index (Phi) is 16.2. The average molecular weight is 559 g/mol. The van der Waals surface area contributed by atoms with Crippen LogP contribution in [-0.4, -0.2) is 72.4 Å². The second-order valence-electron chi connectivity index (χ2n) is 11.0. The normalized spacial score (nSPS) is 14.2. The van der Waals surface area contributed by atoms with E-state index in [1.165, 1.54) is 35.8 Å². The van der Waals surface area contributed by atoms with E-state index in [0.717, 1.165) is 25.9 Å². The highest BCUT2D eigenvalue weighted by Crippen LogP contribution is 2.18. The summed E-state index contributed by atoms with van der Waals surface area (Å²) in [5, 5.41) is 20.3. The standard InChI is InChI=1S/C15H18N2O5.C11H16O2.C5H12/c1-22-15(21)12-6-3-7-17(12)13(19)9-16-14(20)10-4-2-5-11(18)8-10;12-8-4-5-9-13-10-11-6-2-1-3-7-11;1-5(2,3)4/h2,4-5,8,12,18H,3,6-7,9H2,1H3,(H,16,20);1-3,6-7,12H,4-5,8-10H2;1-4H3. The van der Waals surface area contributed by atoms with Crippen molar-refractivity contribution in [1.82, 2.24) is 10.2 Å². The number of aliphatic hydroxyl groups is 1. The summed E-state index contributed by atoms with van der Waals surface area (Å²) in [5.74, 6) is -1.26. The van der Waals surface area contributed by atoms with E-state index in [1.807, 2.05) is 30.3 Å². The number of esters is 1. The van der Waals surface area contributed by atoms with E-state index in [1.54, 1.807) is 6.07 Å². The maximum atomic E-state index is 12.1. The first-order chi connectivity index (χ1) is 19.0. The number of benzene rings is 2. The molecule has 3 N–H and O–H groups in total. The number of nitrogens with zero attached hydrogens (tertiary/aromatic N) is 1. The first-order valence-electron chi connectivity index (χ1n) is 13.6. The van der Waals surface area contributed by atoms with E-state index < -0.39 is 17.9 Å². The molecule has 2 aromatic rings. The van der Waals surface area contributed by atoms with E-state index >= 15 is 0 Å². The zero-order valence-electron chi connectivity index (χ0n) is 24.5. The van der Waals surface area contributed by atoms with Crippen LogP contribution >= 0.6 is 0 Å². The Morgan fingerprint density at radius 3 is 2.30 bits per heavy atom. The van der Waals surface area contributed by atoms with Gasteiger partial charge in [-0.1, -0.05) is 64.1 Å². The molecule has 0 saturated carbocycles. The van der Waals surface area contributed by atoms with Crippen molar-refractivity contribution >= 4 is 17.8 Å².